The van der Waals surface area contributed by atoms with Gasteiger partial charge in [0.05, 0.1) is 23.5 Å². The maximum atomic E-state index is 5.00. The van der Waals surface area contributed by atoms with Gasteiger partial charge in [0.15, 0.2) is 0 Å². The van der Waals surface area contributed by atoms with Crippen molar-refractivity contribution in [3.05, 3.63) is 72.1 Å². The van der Waals surface area contributed by atoms with Crippen molar-refractivity contribution in [1.29, 1.82) is 0 Å². The van der Waals surface area contributed by atoms with Crippen LogP contribution < -0.4 is 0 Å². The number of para-hydroxylation sites is 2. The van der Waals surface area contributed by atoms with E-state index in [9.17, 15) is 0 Å². The number of aromatic nitrogens is 2. The number of benzene rings is 2. The highest BCUT2D eigenvalue weighted by molar-refractivity contribution is 5.91. The van der Waals surface area contributed by atoms with Gasteiger partial charge in [0.25, 0.3) is 0 Å². The van der Waals surface area contributed by atoms with E-state index in [0.29, 0.717) is 0 Å². The van der Waals surface area contributed by atoms with Crippen molar-refractivity contribution in [2.45, 2.75) is 37.8 Å². The molecule has 0 N–H and O–H groups in total. The van der Waals surface area contributed by atoms with Gasteiger partial charge in [-0.25, -0.2) is 0 Å². The highest BCUT2D eigenvalue weighted by atomic mass is 15.0. The Labute approximate surface area is 177 Å². The summed E-state index contributed by atoms with van der Waals surface area (Å²) in [5.74, 6) is 0. The smallest absolute Gasteiger partial charge is 0.0723 e. The summed E-state index contributed by atoms with van der Waals surface area (Å²) in [6.07, 6.45) is 8.79. The summed E-state index contributed by atoms with van der Waals surface area (Å²) in [7, 11) is 4.22. The second kappa shape index (κ2) is 7.94. The van der Waals surface area contributed by atoms with E-state index in [0.717, 1.165) is 24.2 Å². The molecule has 0 aliphatic heterocycles. The average molecular weight is 397 g/mol. The molecule has 1 aliphatic carbocycles. The molecule has 2 aromatic heterocycles. The molecule has 1 aliphatic rings. The molecule has 152 valence electrons. The Hall–Kier alpha value is -3.14. The highest BCUT2D eigenvalue weighted by Crippen LogP contribution is 2.25. The number of fused-ring (bicyclic) bond motifs is 2. The molecule has 2 unspecified atom stereocenters. The molecule has 0 saturated heterocycles. The Morgan fingerprint density at radius 2 is 1.13 bits per heavy atom. The van der Waals surface area contributed by atoms with Crippen molar-refractivity contribution >= 4 is 34.2 Å². The molecule has 4 heteroatoms. The van der Waals surface area contributed by atoms with Crippen molar-refractivity contribution in [3.63, 3.8) is 0 Å². The van der Waals surface area contributed by atoms with Crippen molar-refractivity contribution < 1.29 is 0 Å². The van der Waals surface area contributed by atoms with Gasteiger partial charge in [0.1, 0.15) is 0 Å². The lowest BCUT2D eigenvalue weighted by Crippen LogP contribution is -2.27. The number of hydrogen-bond donors (Lipinski definition) is 0. The largest absolute Gasteiger partial charge is 0.343 e. The van der Waals surface area contributed by atoms with Crippen LogP contribution in [-0.2, 0) is 14.1 Å². The fraction of sp³-hybridized carbons (Fsp3) is 0.308. The normalized spacial score (nSPS) is 20.2. The SMILES string of the molecule is Cn1c(C=NC2CCCCC2N=Cc2cc3ccccc3n2C)cc2ccccc21. The van der Waals surface area contributed by atoms with Crippen LogP contribution in [0, 0.1) is 0 Å². The average Bonchev–Trinajstić information content (AvgIpc) is 3.28. The van der Waals surface area contributed by atoms with Gasteiger partial charge in [-0.05, 0) is 37.1 Å². The molecule has 2 heterocycles. The molecule has 0 radical (unpaired) electrons. The number of nitrogens with zero attached hydrogens (tertiary/aromatic N) is 4. The van der Waals surface area contributed by atoms with Gasteiger partial charge < -0.3 is 9.13 Å². The molecule has 4 aromatic rings. The molecule has 1 saturated carbocycles. The summed E-state index contributed by atoms with van der Waals surface area (Å²) in [6, 6.07) is 21.9. The van der Waals surface area contributed by atoms with Crippen LogP contribution in [-0.4, -0.2) is 33.6 Å². The fourth-order valence-electron chi connectivity index (χ4n) is 4.65. The van der Waals surface area contributed by atoms with Gasteiger partial charge in [-0.15, -0.1) is 0 Å². The number of aryl methyl sites for hydroxylation is 2. The molecule has 0 amide bonds. The van der Waals surface area contributed by atoms with Crippen LogP contribution in [0.1, 0.15) is 37.1 Å². The third kappa shape index (κ3) is 3.47. The Morgan fingerprint density at radius 1 is 0.700 bits per heavy atom. The number of rotatable bonds is 4. The van der Waals surface area contributed by atoms with Crippen molar-refractivity contribution in [1.82, 2.24) is 9.13 Å². The minimum absolute atomic E-state index is 0.252. The van der Waals surface area contributed by atoms with E-state index in [1.54, 1.807) is 0 Å². The van der Waals surface area contributed by atoms with Crippen LogP contribution in [0.2, 0.25) is 0 Å². The van der Waals surface area contributed by atoms with E-state index in [-0.39, 0.29) is 12.1 Å². The quantitative estimate of drug-likeness (QED) is 0.407. The predicted octanol–water partition coefficient (Wildman–Crippen LogP) is 5.52. The summed E-state index contributed by atoms with van der Waals surface area (Å²) in [5, 5.41) is 2.52. The van der Waals surface area contributed by atoms with E-state index < -0.39 is 0 Å². The van der Waals surface area contributed by atoms with E-state index in [2.05, 4.69) is 96.3 Å². The van der Waals surface area contributed by atoms with Crippen LogP contribution in [0.3, 0.4) is 0 Å². The van der Waals surface area contributed by atoms with Crippen LogP contribution in [0.25, 0.3) is 21.8 Å². The molecule has 0 bridgehead atoms. The van der Waals surface area contributed by atoms with Crippen LogP contribution in [0.15, 0.2) is 70.6 Å². The molecule has 2 atom stereocenters. The zero-order valence-electron chi connectivity index (χ0n) is 17.7. The van der Waals surface area contributed by atoms with Crippen molar-refractivity contribution in [2.75, 3.05) is 0 Å². The fourth-order valence-corrected chi connectivity index (χ4v) is 4.65. The third-order valence-corrected chi connectivity index (χ3v) is 6.47. The minimum atomic E-state index is 0.252. The lowest BCUT2D eigenvalue weighted by molar-refractivity contribution is 0.390. The zero-order valence-corrected chi connectivity index (χ0v) is 17.7. The van der Waals surface area contributed by atoms with E-state index in [1.807, 2.05) is 0 Å². The summed E-state index contributed by atoms with van der Waals surface area (Å²) in [6.45, 7) is 0. The van der Waals surface area contributed by atoms with Gasteiger partial charge in [-0.3, -0.25) is 9.98 Å². The first-order valence-electron chi connectivity index (χ1n) is 10.9. The maximum absolute atomic E-state index is 5.00. The van der Waals surface area contributed by atoms with Gasteiger partial charge in [-0.1, -0.05) is 49.2 Å². The minimum Gasteiger partial charge on any atom is -0.343 e. The Kier molecular flexibility index (Phi) is 4.99. The number of hydrogen-bond acceptors (Lipinski definition) is 2. The van der Waals surface area contributed by atoms with Crippen molar-refractivity contribution in [3.8, 4) is 0 Å². The molecular weight excluding hydrogens is 368 g/mol. The Morgan fingerprint density at radius 3 is 1.57 bits per heavy atom. The first kappa shape index (κ1) is 18.9. The molecule has 1 fully saturated rings. The predicted molar refractivity (Wildman–Crippen MR) is 127 cm³/mol. The van der Waals surface area contributed by atoms with E-state index in [1.165, 1.54) is 34.6 Å². The lowest BCUT2D eigenvalue weighted by Gasteiger charge is -2.25. The third-order valence-electron chi connectivity index (χ3n) is 6.47. The standard InChI is InChI=1S/C26H28N4/c1-29-21(15-19-9-3-7-13-25(19)29)17-27-23-11-5-6-12-24(23)28-18-22-16-20-10-4-8-14-26(20)30(22)2/h3-4,7-10,13-18,23-24H,5-6,11-12H2,1-2H3. The highest BCUT2D eigenvalue weighted by Gasteiger charge is 2.23. The van der Waals surface area contributed by atoms with Crippen LogP contribution in [0.4, 0.5) is 0 Å². The van der Waals surface area contributed by atoms with Crippen molar-refractivity contribution in [2.24, 2.45) is 24.1 Å². The second-order valence-electron chi connectivity index (χ2n) is 8.35. The first-order valence-corrected chi connectivity index (χ1v) is 10.9. The zero-order chi connectivity index (χ0) is 20.5. The van der Waals surface area contributed by atoms with Gasteiger partial charge in [0, 0.05) is 48.3 Å². The van der Waals surface area contributed by atoms with E-state index >= 15 is 0 Å². The molecule has 2 aromatic carbocycles. The molecule has 30 heavy (non-hydrogen) atoms. The molecule has 5 rings (SSSR count). The molecule has 0 spiro atoms. The van der Waals surface area contributed by atoms with Gasteiger partial charge in [0.2, 0.25) is 0 Å². The summed E-state index contributed by atoms with van der Waals surface area (Å²) >= 11 is 0. The topological polar surface area (TPSA) is 34.6 Å². The van der Waals surface area contributed by atoms with Gasteiger partial charge >= 0.3 is 0 Å². The Bertz CT molecular complexity index is 1140. The second-order valence-corrected chi connectivity index (χ2v) is 8.35. The number of aliphatic imine (C=N–C) groups is 2. The Balaban J connectivity index is 1.38. The molecular formula is C26H28N4. The van der Waals surface area contributed by atoms with Crippen LogP contribution in [0.5, 0.6) is 0 Å². The van der Waals surface area contributed by atoms with Crippen LogP contribution >= 0.6 is 0 Å². The summed E-state index contributed by atoms with van der Waals surface area (Å²) in [5.41, 5.74) is 4.79. The maximum Gasteiger partial charge on any atom is 0.0723 e. The summed E-state index contributed by atoms with van der Waals surface area (Å²) < 4.78 is 4.44. The first-order chi connectivity index (χ1) is 14.7. The monoisotopic (exact) mass is 396 g/mol. The summed E-state index contributed by atoms with van der Waals surface area (Å²) in [4.78, 5) is 10.0. The molecule has 4 nitrogen and oxygen atoms in total. The lowest BCUT2D eigenvalue weighted by atomic mass is 9.91. The van der Waals surface area contributed by atoms with E-state index in [4.69, 9.17) is 9.98 Å². The van der Waals surface area contributed by atoms with Gasteiger partial charge in [-0.2, -0.15) is 0 Å².